The lowest BCUT2D eigenvalue weighted by atomic mass is 10.3. The molecule has 1 heterocycles. The molecule has 0 aromatic carbocycles. The molecule has 2 nitrogen and oxygen atoms in total. The van der Waals surface area contributed by atoms with Gasteiger partial charge in [0, 0.05) is 13.2 Å². The van der Waals surface area contributed by atoms with Crippen molar-refractivity contribution < 1.29 is 4.52 Å². The predicted molar refractivity (Wildman–Crippen MR) is 51.2 cm³/mol. The van der Waals surface area contributed by atoms with Gasteiger partial charge in [0.05, 0.1) is 0 Å². The van der Waals surface area contributed by atoms with Gasteiger partial charge in [-0.05, 0) is 13.5 Å². The lowest BCUT2D eigenvalue weighted by Gasteiger charge is -2.35. The third-order valence-electron chi connectivity index (χ3n) is 1.84. The van der Waals surface area contributed by atoms with Crippen LogP contribution in [-0.4, -0.2) is 31.0 Å². The Labute approximate surface area is 73.1 Å². The van der Waals surface area contributed by atoms with E-state index in [9.17, 15) is 0 Å². The highest BCUT2D eigenvalue weighted by Gasteiger charge is 2.27. The number of hydrogen-bond donors (Lipinski definition) is 0. The van der Waals surface area contributed by atoms with Crippen LogP contribution >= 0.6 is 6.42 Å². The van der Waals surface area contributed by atoms with Crippen molar-refractivity contribution in [1.82, 2.24) is 4.67 Å². The summed E-state index contributed by atoms with van der Waals surface area (Å²) in [6, 6.07) is 0. The molecule has 1 rings (SSSR count). The lowest BCUT2D eigenvalue weighted by Crippen LogP contribution is -2.29. The van der Waals surface area contributed by atoms with E-state index in [2.05, 4.69) is 10.6 Å². The van der Waals surface area contributed by atoms with Crippen molar-refractivity contribution in [2.45, 2.75) is 12.5 Å². The number of terminal acetylenes is 1. The Morgan fingerprint density at radius 3 is 2.91 bits per heavy atom. The van der Waals surface area contributed by atoms with Gasteiger partial charge in [0.25, 0.3) is 0 Å². The van der Waals surface area contributed by atoms with Crippen molar-refractivity contribution in [2.24, 2.45) is 0 Å². The molecule has 1 aliphatic rings. The van der Waals surface area contributed by atoms with Crippen molar-refractivity contribution in [3.8, 4) is 12.3 Å². The van der Waals surface area contributed by atoms with Gasteiger partial charge in [-0.15, -0.1) is 6.42 Å². The van der Waals surface area contributed by atoms with E-state index in [1.807, 2.05) is 13.7 Å². The second kappa shape index (κ2) is 3.25. The Morgan fingerprint density at radius 2 is 2.45 bits per heavy atom. The van der Waals surface area contributed by atoms with Gasteiger partial charge in [0.15, 0.2) is 0 Å². The van der Waals surface area contributed by atoms with Crippen molar-refractivity contribution in [3.05, 3.63) is 0 Å². The summed E-state index contributed by atoms with van der Waals surface area (Å²) >= 11 is 5.28. The molecule has 11 heavy (non-hydrogen) atoms. The molecule has 0 radical (unpaired) electrons. The van der Waals surface area contributed by atoms with E-state index in [1.54, 1.807) is 0 Å². The minimum atomic E-state index is -1.73. The van der Waals surface area contributed by atoms with Crippen LogP contribution in [0.4, 0.5) is 0 Å². The summed E-state index contributed by atoms with van der Waals surface area (Å²) < 4.78 is 7.64. The summed E-state index contributed by atoms with van der Waals surface area (Å²) in [7, 11) is 1.99. The molecule has 0 bridgehead atoms. The fourth-order valence-electron chi connectivity index (χ4n) is 0.969. The van der Waals surface area contributed by atoms with Crippen LogP contribution in [0.5, 0.6) is 0 Å². The first-order valence-electron chi connectivity index (χ1n) is 3.50. The molecule has 4 heteroatoms. The molecule has 2 unspecified atom stereocenters. The third-order valence-corrected chi connectivity index (χ3v) is 5.02. The maximum absolute atomic E-state index is 5.55. The zero-order valence-electron chi connectivity index (χ0n) is 6.78. The normalized spacial score (nSPS) is 39.9. The highest BCUT2D eigenvalue weighted by atomic mass is 32.4. The Hall–Kier alpha value is 0.130. The van der Waals surface area contributed by atoms with Crippen LogP contribution in [0.15, 0.2) is 0 Å². The molecular weight excluding hydrogens is 177 g/mol. The van der Waals surface area contributed by atoms with E-state index in [4.69, 9.17) is 22.8 Å². The summed E-state index contributed by atoms with van der Waals surface area (Å²) in [5, 5.41) is 0. The Balaban J connectivity index is 2.69. The smallest absolute Gasteiger partial charge is 0.130 e. The molecule has 0 aliphatic carbocycles. The summed E-state index contributed by atoms with van der Waals surface area (Å²) in [6.45, 7) is 2.93. The fraction of sp³-hybridized carbons (Fsp3) is 0.714. The van der Waals surface area contributed by atoms with E-state index in [0.29, 0.717) is 0 Å². The molecule has 1 saturated heterocycles. The number of hydrogen-bond acceptors (Lipinski definition) is 2. The number of rotatable bonds is 0. The summed E-state index contributed by atoms with van der Waals surface area (Å²) in [6.07, 6.45) is 4.37. The van der Waals surface area contributed by atoms with Crippen LogP contribution in [0.1, 0.15) is 6.42 Å². The molecule has 2 atom stereocenters. The molecule has 0 saturated carbocycles. The Bertz CT molecular complexity index is 235. The fourth-order valence-corrected chi connectivity index (χ4v) is 2.80. The molecular formula is C7H12NOPS. The maximum Gasteiger partial charge on any atom is 0.130 e. The van der Waals surface area contributed by atoms with Gasteiger partial charge in [0.2, 0.25) is 0 Å². The summed E-state index contributed by atoms with van der Waals surface area (Å²) in [5.41, 5.74) is 0. The average Bonchev–Trinajstić information content (AvgIpc) is 1.95. The molecule has 1 fully saturated rings. The second-order valence-electron chi connectivity index (χ2n) is 2.73. The first-order valence-corrected chi connectivity index (χ1v) is 6.62. The number of nitrogens with zero attached hydrogens (tertiary/aromatic N) is 1. The Morgan fingerprint density at radius 1 is 1.82 bits per heavy atom. The van der Waals surface area contributed by atoms with Crippen molar-refractivity contribution >= 4 is 18.2 Å². The van der Waals surface area contributed by atoms with E-state index < -0.39 is 6.42 Å². The quantitative estimate of drug-likeness (QED) is 0.421. The SMILES string of the molecule is C#CC1CCN(C)P(C)(=S)O1. The van der Waals surface area contributed by atoms with Crippen LogP contribution in [0.2, 0.25) is 0 Å². The first kappa shape index (κ1) is 9.22. The molecule has 62 valence electrons. The molecule has 0 aromatic rings. The van der Waals surface area contributed by atoms with Gasteiger partial charge in [-0.25, -0.2) is 0 Å². The largest absolute Gasteiger partial charge is 0.322 e. The molecule has 1 aliphatic heterocycles. The van der Waals surface area contributed by atoms with Crippen LogP contribution in [0.25, 0.3) is 0 Å². The van der Waals surface area contributed by atoms with Gasteiger partial charge in [-0.1, -0.05) is 17.7 Å². The summed E-state index contributed by atoms with van der Waals surface area (Å²) in [4.78, 5) is 0. The van der Waals surface area contributed by atoms with Crippen LogP contribution in [-0.2, 0) is 16.3 Å². The van der Waals surface area contributed by atoms with Crippen LogP contribution in [0, 0.1) is 12.3 Å². The first-order chi connectivity index (χ1) is 5.06. The maximum atomic E-state index is 5.55. The van der Waals surface area contributed by atoms with Gasteiger partial charge in [-0.2, -0.15) is 0 Å². The molecule has 0 spiro atoms. The predicted octanol–water partition coefficient (Wildman–Crippen LogP) is 1.28. The molecule has 0 N–H and O–H groups in total. The van der Waals surface area contributed by atoms with Crippen molar-refractivity contribution in [2.75, 3.05) is 20.3 Å². The van der Waals surface area contributed by atoms with Gasteiger partial charge >= 0.3 is 0 Å². The van der Waals surface area contributed by atoms with Crippen LogP contribution < -0.4 is 0 Å². The van der Waals surface area contributed by atoms with Crippen LogP contribution in [0.3, 0.4) is 0 Å². The second-order valence-corrected chi connectivity index (χ2v) is 7.27. The third kappa shape index (κ3) is 2.04. The topological polar surface area (TPSA) is 12.5 Å². The van der Waals surface area contributed by atoms with Gasteiger partial charge < -0.3 is 4.52 Å². The molecule has 0 aromatic heterocycles. The summed E-state index contributed by atoms with van der Waals surface area (Å²) in [5.74, 6) is 2.59. The van der Waals surface area contributed by atoms with Crippen molar-refractivity contribution in [1.29, 1.82) is 0 Å². The monoisotopic (exact) mass is 189 g/mol. The van der Waals surface area contributed by atoms with E-state index in [1.165, 1.54) is 0 Å². The average molecular weight is 189 g/mol. The Kier molecular flexibility index (Phi) is 2.72. The zero-order chi connectivity index (χ0) is 8.48. The van der Waals surface area contributed by atoms with E-state index in [0.717, 1.165) is 13.0 Å². The van der Waals surface area contributed by atoms with E-state index >= 15 is 0 Å². The van der Waals surface area contributed by atoms with Crippen molar-refractivity contribution in [3.63, 3.8) is 0 Å². The van der Waals surface area contributed by atoms with Gasteiger partial charge in [0.1, 0.15) is 12.5 Å². The standard InChI is InChI=1S/C7H12NOPS/c1-4-7-5-6-8(2)10(3,11)9-7/h1,7H,5-6H2,2-3H3. The minimum Gasteiger partial charge on any atom is -0.322 e. The highest BCUT2D eigenvalue weighted by Crippen LogP contribution is 2.50. The zero-order valence-corrected chi connectivity index (χ0v) is 8.49. The lowest BCUT2D eigenvalue weighted by molar-refractivity contribution is 0.209. The van der Waals surface area contributed by atoms with E-state index in [-0.39, 0.29) is 6.10 Å². The molecule has 0 amide bonds. The highest BCUT2D eigenvalue weighted by molar-refractivity contribution is 8.10. The van der Waals surface area contributed by atoms with Gasteiger partial charge in [-0.3, -0.25) is 4.67 Å². The minimum absolute atomic E-state index is 0.0537.